The second-order valence-electron chi connectivity index (χ2n) is 6.65. The number of nitrogens with one attached hydrogen (secondary N) is 1. The number of rotatable bonds is 6. The molecule has 0 unspecified atom stereocenters. The SMILES string of the molecule is CCc1nc(N(C)CC2CC2)sc1CNC(C)(C)C. The first kappa shape index (κ1) is 14.8. The number of aromatic nitrogens is 1. The highest BCUT2D eigenvalue weighted by molar-refractivity contribution is 7.15. The number of aryl methyl sites for hydroxylation is 1. The third-order valence-corrected chi connectivity index (χ3v) is 4.65. The van der Waals surface area contributed by atoms with Crippen LogP contribution in [0.4, 0.5) is 5.13 Å². The minimum Gasteiger partial charge on any atom is -0.351 e. The van der Waals surface area contributed by atoms with E-state index < -0.39 is 0 Å². The zero-order chi connectivity index (χ0) is 14.0. The standard InChI is InChI=1S/C15H27N3S/c1-6-12-13(9-16-15(2,3)4)19-14(17-12)18(5)10-11-7-8-11/h11,16H,6-10H2,1-5H3. The highest BCUT2D eigenvalue weighted by Crippen LogP contribution is 2.33. The first-order valence-electron chi connectivity index (χ1n) is 7.34. The molecule has 0 amide bonds. The van der Waals surface area contributed by atoms with Crippen LogP contribution < -0.4 is 10.2 Å². The maximum Gasteiger partial charge on any atom is 0.185 e. The Kier molecular flexibility index (Phi) is 4.51. The van der Waals surface area contributed by atoms with Gasteiger partial charge in [0.25, 0.3) is 0 Å². The lowest BCUT2D eigenvalue weighted by Gasteiger charge is -2.20. The highest BCUT2D eigenvalue weighted by atomic mass is 32.1. The van der Waals surface area contributed by atoms with E-state index in [1.807, 2.05) is 11.3 Å². The zero-order valence-electron chi connectivity index (χ0n) is 12.9. The van der Waals surface area contributed by atoms with Crippen molar-refractivity contribution in [3.8, 4) is 0 Å². The van der Waals surface area contributed by atoms with E-state index in [2.05, 4.69) is 45.0 Å². The van der Waals surface area contributed by atoms with Crippen molar-refractivity contribution in [2.75, 3.05) is 18.5 Å². The summed E-state index contributed by atoms with van der Waals surface area (Å²) in [5.74, 6) is 0.912. The summed E-state index contributed by atoms with van der Waals surface area (Å²) in [5, 5.41) is 4.76. The molecule has 19 heavy (non-hydrogen) atoms. The van der Waals surface area contributed by atoms with Gasteiger partial charge in [-0.25, -0.2) is 4.98 Å². The second kappa shape index (κ2) is 5.80. The van der Waals surface area contributed by atoms with E-state index in [-0.39, 0.29) is 5.54 Å². The molecule has 0 atom stereocenters. The summed E-state index contributed by atoms with van der Waals surface area (Å²) in [4.78, 5) is 8.55. The van der Waals surface area contributed by atoms with Gasteiger partial charge in [-0.3, -0.25) is 0 Å². The van der Waals surface area contributed by atoms with Gasteiger partial charge in [0, 0.05) is 30.6 Å². The van der Waals surface area contributed by atoms with Crippen molar-refractivity contribution in [2.45, 2.75) is 59.0 Å². The summed E-state index contributed by atoms with van der Waals surface area (Å²) < 4.78 is 0. The third kappa shape index (κ3) is 4.46. The Morgan fingerprint density at radius 3 is 2.58 bits per heavy atom. The van der Waals surface area contributed by atoms with E-state index in [1.54, 1.807) is 0 Å². The monoisotopic (exact) mass is 281 g/mol. The molecular weight excluding hydrogens is 254 g/mol. The molecule has 1 aromatic heterocycles. The maximum absolute atomic E-state index is 4.81. The Hall–Kier alpha value is -0.610. The van der Waals surface area contributed by atoms with Gasteiger partial charge < -0.3 is 10.2 Å². The molecular formula is C15H27N3S. The number of nitrogens with zero attached hydrogens (tertiary/aromatic N) is 2. The van der Waals surface area contributed by atoms with Gasteiger partial charge in [-0.1, -0.05) is 6.92 Å². The summed E-state index contributed by atoms with van der Waals surface area (Å²) in [6.45, 7) is 10.9. The third-order valence-electron chi connectivity index (χ3n) is 3.44. The van der Waals surface area contributed by atoms with Gasteiger partial charge in [0.15, 0.2) is 5.13 Å². The molecule has 3 nitrogen and oxygen atoms in total. The molecule has 1 N–H and O–H groups in total. The molecule has 4 heteroatoms. The molecule has 1 heterocycles. The predicted molar refractivity (Wildman–Crippen MR) is 84.1 cm³/mol. The van der Waals surface area contributed by atoms with Crippen molar-refractivity contribution in [2.24, 2.45) is 5.92 Å². The van der Waals surface area contributed by atoms with Crippen LogP contribution in [0.25, 0.3) is 0 Å². The van der Waals surface area contributed by atoms with Gasteiger partial charge in [0.1, 0.15) is 0 Å². The first-order chi connectivity index (χ1) is 8.89. The largest absolute Gasteiger partial charge is 0.351 e. The topological polar surface area (TPSA) is 28.2 Å². The molecule has 1 aromatic rings. The van der Waals surface area contributed by atoms with E-state index in [0.29, 0.717) is 0 Å². The quantitative estimate of drug-likeness (QED) is 0.866. The van der Waals surface area contributed by atoms with Gasteiger partial charge >= 0.3 is 0 Å². The Balaban J connectivity index is 2.03. The average Bonchev–Trinajstić information content (AvgIpc) is 3.03. The summed E-state index contributed by atoms with van der Waals surface area (Å²) >= 11 is 1.85. The molecule has 0 aromatic carbocycles. The molecule has 0 aliphatic heterocycles. The first-order valence-corrected chi connectivity index (χ1v) is 8.15. The number of anilines is 1. The van der Waals surface area contributed by atoms with Crippen LogP contribution in [0.5, 0.6) is 0 Å². The normalized spacial score (nSPS) is 15.8. The van der Waals surface area contributed by atoms with Crippen LogP contribution >= 0.6 is 11.3 Å². The predicted octanol–water partition coefficient (Wildman–Crippen LogP) is 3.44. The molecule has 1 aliphatic rings. The van der Waals surface area contributed by atoms with Crippen molar-refractivity contribution < 1.29 is 0 Å². The van der Waals surface area contributed by atoms with Crippen LogP contribution in [-0.2, 0) is 13.0 Å². The molecule has 1 saturated carbocycles. The van der Waals surface area contributed by atoms with Gasteiger partial charge in [0.05, 0.1) is 5.69 Å². The van der Waals surface area contributed by atoms with Crippen LogP contribution in [0.3, 0.4) is 0 Å². The van der Waals surface area contributed by atoms with Crippen molar-refractivity contribution in [1.29, 1.82) is 0 Å². The fourth-order valence-electron chi connectivity index (χ4n) is 2.06. The van der Waals surface area contributed by atoms with E-state index in [1.165, 1.54) is 35.1 Å². The van der Waals surface area contributed by atoms with E-state index in [9.17, 15) is 0 Å². The van der Waals surface area contributed by atoms with Crippen molar-refractivity contribution >= 4 is 16.5 Å². The van der Waals surface area contributed by atoms with E-state index in [4.69, 9.17) is 4.98 Å². The van der Waals surface area contributed by atoms with Crippen LogP contribution in [0.15, 0.2) is 0 Å². The Morgan fingerprint density at radius 2 is 2.05 bits per heavy atom. The highest BCUT2D eigenvalue weighted by Gasteiger charge is 2.24. The van der Waals surface area contributed by atoms with Gasteiger partial charge in [-0.2, -0.15) is 0 Å². The van der Waals surface area contributed by atoms with E-state index in [0.717, 1.165) is 18.9 Å². The summed E-state index contributed by atoms with van der Waals surface area (Å²) in [5.41, 5.74) is 1.43. The van der Waals surface area contributed by atoms with Gasteiger partial charge in [-0.05, 0) is 46.0 Å². The lowest BCUT2D eigenvalue weighted by molar-refractivity contribution is 0.425. The lowest BCUT2D eigenvalue weighted by atomic mass is 10.1. The Labute approximate surface area is 121 Å². The molecule has 2 rings (SSSR count). The molecule has 0 bridgehead atoms. The van der Waals surface area contributed by atoms with Crippen LogP contribution in [0.1, 0.15) is 51.1 Å². The number of thiazole rings is 1. The fourth-order valence-corrected chi connectivity index (χ4v) is 3.12. The van der Waals surface area contributed by atoms with Gasteiger partial charge in [0.2, 0.25) is 0 Å². The van der Waals surface area contributed by atoms with E-state index >= 15 is 0 Å². The minimum absolute atomic E-state index is 0.162. The summed E-state index contributed by atoms with van der Waals surface area (Å²) in [7, 11) is 2.18. The summed E-state index contributed by atoms with van der Waals surface area (Å²) in [6.07, 6.45) is 3.82. The molecule has 108 valence electrons. The molecule has 0 spiro atoms. The molecule has 1 aliphatic carbocycles. The fraction of sp³-hybridized carbons (Fsp3) is 0.800. The molecule has 0 saturated heterocycles. The second-order valence-corrected chi connectivity index (χ2v) is 7.71. The Morgan fingerprint density at radius 1 is 1.37 bits per heavy atom. The van der Waals surface area contributed by atoms with Crippen molar-refractivity contribution in [3.05, 3.63) is 10.6 Å². The molecule has 1 fully saturated rings. The van der Waals surface area contributed by atoms with Crippen LogP contribution in [0, 0.1) is 5.92 Å². The lowest BCUT2D eigenvalue weighted by Crippen LogP contribution is -2.35. The smallest absolute Gasteiger partial charge is 0.185 e. The zero-order valence-corrected chi connectivity index (χ0v) is 13.7. The number of hydrogen-bond donors (Lipinski definition) is 1. The van der Waals surface area contributed by atoms with Crippen LogP contribution in [-0.4, -0.2) is 24.1 Å². The Bertz CT molecular complexity index is 416. The van der Waals surface area contributed by atoms with Crippen LogP contribution in [0.2, 0.25) is 0 Å². The minimum atomic E-state index is 0.162. The summed E-state index contributed by atoms with van der Waals surface area (Å²) in [6, 6.07) is 0. The average molecular weight is 281 g/mol. The van der Waals surface area contributed by atoms with Crippen molar-refractivity contribution in [3.63, 3.8) is 0 Å². The van der Waals surface area contributed by atoms with Gasteiger partial charge in [-0.15, -0.1) is 11.3 Å². The number of hydrogen-bond acceptors (Lipinski definition) is 4. The molecule has 0 radical (unpaired) electrons. The van der Waals surface area contributed by atoms with Crippen molar-refractivity contribution in [1.82, 2.24) is 10.3 Å². The maximum atomic E-state index is 4.81.